The number of aromatic nitrogens is 1. The minimum absolute atomic E-state index is 0.0321. The van der Waals surface area contributed by atoms with Crippen molar-refractivity contribution >= 4 is 32.4 Å². The van der Waals surface area contributed by atoms with Gasteiger partial charge < -0.3 is 5.32 Å². The van der Waals surface area contributed by atoms with E-state index in [1.807, 2.05) is 0 Å². The molecule has 0 atom stereocenters. The van der Waals surface area contributed by atoms with E-state index in [1.165, 1.54) is 34.9 Å². The molecule has 1 aliphatic carbocycles. The van der Waals surface area contributed by atoms with Crippen molar-refractivity contribution in [2.45, 2.75) is 70.6 Å². The number of nitrogens with one attached hydrogen (secondary N) is 1. The molecule has 1 aromatic heterocycles. The first-order valence-electron chi connectivity index (χ1n) is 9.13. The van der Waals surface area contributed by atoms with E-state index in [0.29, 0.717) is 37.0 Å². The average Bonchev–Trinajstić information content (AvgIpc) is 2.96. The molecule has 25 heavy (non-hydrogen) atoms. The molecule has 0 spiro atoms. The highest BCUT2D eigenvalue weighted by molar-refractivity contribution is 7.89. The SMILES string of the molecule is CC(C)S(=O)(=O)N1CCc2nc(NC(=O)CC3CCCCC3)sc2C1. The van der Waals surface area contributed by atoms with Crippen LogP contribution >= 0.6 is 11.3 Å². The minimum atomic E-state index is -3.25. The zero-order valence-corrected chi connectivity index (χ0v) is 16.6. The van der Waals surface area contributed by atoms with Crippen LogP contribution < -0.4 is 5.32 Å². The lowest BCUT2D eigenvalue weighted by atomic mass is 9.87. The predicted molar refractivity (Wildman–Crippen MR) is 100 cm³/mol. The predicted octanol–water partition coefficient (Wildman–Crippen LogP) is 3.15. The van der Waals surface area contributed by atoms with Gasteiger partial charge in [-0.15, -0.1) is 11.3 Å². The molecule has 0 aromatic carbocycles. The van der Waals surface area contributed by atoms with Crippen molar-refractivity contribution in [3.8, 4) is 0 Å². The van der Waals surface area contributed by atoms with Gasteiger partial charge in [0.25, 0.3) is 0 Å². The summed E-state index contributed by atoms with van der Waals surface area (Å²) < 4.78 is 26.2. The molecule has 6 nitrogen and oxygen atoms in total. The van der Waals surface area contributed by atoms with E-state index in [0.717, 1.165) is 23.4 Å². The third kappa shape index (κ3) is 4.41. The van der Waals surface area contributed by atoms with E-state index >= 15 is 0 Å². The number of nitrogens with zero attached hydrogens (tertiary/aromatic N) is 2. The zero-order chi connectivity index (χ0) is 18.0. The highest BCUT2D eigenvalue weighted by atomic mass is 32.2. The van der Waals surface area contributed by atoms with Gasteiger partial charge in [0.05, 0.1) is 10.9 Å². The summed E-state index contributed by atoms with van der Waals surface area (Å²) in [4.78, 5) is 17.7. The Labute approximate surface area is 154 Å². The van der Waals surface area contributed by atoms with Crippen LogP contribution in [-0.4, -0.2) is 35.4 Å². The second-order valence-corrected chi connectivity index (χ2v) is 10.9. The summed E-state index contributed by atoms with van der Waals surface area (Å²) in [5.74, 6) is 0.527. The third-order valence-corrected chi connectivity index (χ3v) is 8.32. The molecule has 8 heteroatoms. The van der Waals surface area contributed by atoms with Crippen LogP contribution in [0, 0.1) is 5.92 Å². The van der Waals surface area contributed by atoms with Crippen molar-refractivity contribution in [3.63, 3.8) is 0 Å². The normalized spacial score (nSPS) is 19.8. The van der Waals surface area contributed by atoms with Gasteiger partial charge in [0.2, 0.25) is 15.9 Å². The molecule has 3 rings (SSSR count). The Morgan fingerprint density at radius 1 is 1.32 bits per heavy atom. The van der Waals surface area contributed by atoms with Crippen molar-refractivity contribution in [1.29, 1.82) is 0 Å². The molecule has 1 aromatic rings. The lowest BCUT2D eigenvalue weighted by Gasteiger charge is -2.26. The fraction of sp³-hybridized carbons (Fsp3) is 0.765. The monoisotopic (exact) mass is 385 g/mol. The first-order chi connectivity index (χ1) is 11.9. The fourth-order valence-corrected chi connectivity index (χ4v) is 5.94. The van der Waals surface area contributed by atoms with Gasteiger partial charge in [-0.2, -0.15) is 4.31 Å². The number of anilines is 1. The third-order valence-electron chi connectivity index (χ3n) is 5.10. The number of hydrogen-bond donors (Lipinski definition) is 1. The van der Waals surface area contributed by atoms with Crippen LogP contribution in [0.1, 0.15) is 62.9 Å². The van der Waals surface area contributed by atoms with Crippen LogP contribution in [0.25, 0.3) is 0 Å². The zero-order valence-electron chi connectivity index (χ0n) is 15.0. The minimum Gasteiger partial charge on any atom is -0.302 e. The molecule has 0 saturated heterocycles. The molecular formula is C17H27N3O3S2. The summed E-state index contributed by atoms with van der Waals surface area (Å²) in [6, 6.07) is 0. The maximum Gasteiger partial charge on any atom is 0.226 e. The number of carbonyl (C=O) groups excluding carboxylic acids is 1. The maximum absolute atomic E-state index is 12.3. The number of fused-ring (bicyclic) bond motifs is 1. The molecule has 2 heterocycles. The number of carbonyl (C=O) groups is 1. The molecule has 1 fully saturated rings. The van der Waals surface area contributed by atoms with Crippen LogP contribution in [0.2, 0.25) is 0 Å². The summed E-state index contributed by atoms with van der Waals surface area (Å²) in [5.41, 5.74) is 0.924. The molecule has 140 valence electrons. The molecule has 1 amide bonds. The summed E-state index contributed by atoms with van der Waals surface area (Å²) in [6.45, 7) is 4.24. The Hall–Kier alpha value is -0.990. The average molecular weight is 386 g/mol. The lowest BCUT2D eigenvalue weighted by molar-refractivity contribution is -0.117. The number of hydrogen-bond acceptors (Lipinski definition) is 5. The van der Waals surface area contributed by atoms with E-state index in [4.69, 9.17) is 0 Å². The number of amides is 1. The molecule has 0 radical (unpaired) electrons. The smallest absolute Gasteiger partial charge is 0.226 e. The van der Waals surface area contributed by atoms with E-state index in [2.05, 4.69) is 10.3 Å². The number of thiazole rings is 1. The Morgan fingerprint density at radius 3 is 2.72 bits per heavy atom. The van der Waals surface area contributed by atoms with E-state index in [9.17, 15) is 13.2 Å². The maximum atomic E-state index is 12.3. The van der Waals surface area contributed by atoms with Crippen molar-refractivity contribution < 1.29 is 13.2 Å². The van der Waals surface area contributed by atoms with Crippen molar-refractivity contribution in [2.75, 3.05) is 11.9 Å². The second kappa shape index (κ2) is 7.72. The van der Waals surface area contributed by atoms with Gasteiger partial charge in [-0.25, -0.2) is 13.4 Å². The van der Waals surface area contributed by atoms with Crippen LogP contribution in [-0.2, 0) is 27.8 Å². The quantitative estimate of drug-likeness (QED) is 0.844. The number of sulfonamides is 1. The molecule has 1 N–H and O–H groups in total. The van der Waals surface area contributed by atoms with Gasteiger partial charge in [-0.05, 0) is 32.6 Å². The summed E-state index contributed by atoms with van der Waals surface area (Å²) in [6.07, 6.45) is 7.20. The summed E-state index contributed by atoms with van der Waals surface area (Å²) in [5, 5.41) is 3.11. The summed E-state index contributed by atoms with van der Waals surface area (Å²) >= 11 is 1.41. The van der Waals surface area contributed by atoms with Gasteiger partial charge in [0.1, 0.15) is 0 Å². The highest BCUT2D eigenvalue weighted by Crippen LogP contribution is 2.31. The van der Waals surface area contributed by atoms with Gasteiger partial charge >= 0.3 is 0 Å². The van der Waals surface area contributed by atoms with Gasteiger partial charge in [0.15, 0.2) is 5.13 Å². The Balaban J connectivity index is 1.61. The second-order valence-electron chi connectivity index (χ2n) is 7.32. The molecule has 1 aliphatic heterocycles. The van der Waals surface area contributed by atoms with Gasteiger partial charge in [-0.3, -0.25) is 4.79 Å². The van der Waals surface area contributed by atoms with Gasteiger partial charge in [-0.1, -0.05) is 19.3 Å². The molecule has 0 bridgehead atoms. The highest BCUT2D eigenvalue weighted by Gasteiger charge is 2.31. The lowest BCUT2D eigenvalue weighted by Crippen LogP contribution is -2.39. The first kappa shape index (κ1) is 18.8. The van der Waals surface area contributed by atoms with Crippen molar-refractivity contribution in [2.24, 2.45) is 5.92 Å². The van der Waals surface area contributed by atoms with E-state index in [-0.39, 0.29) is 5.91 Å². The fourth-order valence-electron chi connectivity index (χ4n) is 3.56. The standard InChI is InChI=1S/C17H27N3O3S2/c1-12(2)25(22,23)20-9-8-14-15(11-20)24-17(18-14)19-16(21)10-13-6-4-3-5-7-13/h12-13H,3-11H2,1-2H3,(H,18,19,21). The Bertz CT molecular complexity index is 721. The topological polar surface area (TPSA) is 79.4 Å². The van der Waals surface area contributed by atoms with Crippen molar-refractivity contribution in [3.05, 3.63) is 10.6 Å². The Morgan fingerprint density at radius 2 is 2.04 bits per heavy atom. The van der Waals surface area contributed by atoms with E-state index < -0.39 is 15.3 Å². The van der Waals surface area contributed by atoms with Crippen LogP contribution in [0.15, 0.2) is 0 Å². The molecule has 2 aliphatic rings. The van der Waals surface area contributed by atoms with Crippen LogP contribution in [0.4, 0.5) is 5.13 Å². The van der Waals surface area contributed by atoms with Gasteiger partial charge in [0, 0.05) is 30.8 Å². The van der Waals surface area contributed by atoms with Crippen LogP contribution in [0.5, 0.6) is 0 Å². The first-order valence-corrected chi connectivity index (χ1v) is 11.5. The molecular weight excluding hydrogens is 358 g/mol. The van der Waals surface area contributed by atoms with Crippen LogP contribution in [0.3, 0.4) is 0 Å². The van der Waals surface area contributed by atoms with E-state index in [1.54, 1.807) is 13.8 Å². The molecule has 1 saturated carbocycles. The summed E-state index contributed by atoms with van der Waals surface area (Å²) in [7, 11) is -3.25. The van der Waals surface area contributed by atoms with Crippen molar-refractivity contribution in [1.82, 2.24) is 9.29 Å². The Kier molecular flexibility index (Phi) is 5.80. The number of rotatable bonds is 5. The largest absolute Gasteiger partial charge is 0.302 e. The molecule has 0 unspecified atom stereocenters.